The third-order valence-electron chi connectivity index (χ3n) is 3.31. The maximum atomic E-state index is 12.0. The van der Waals surface area contributed by atoms with Gasteiger partial charge in [-0.25, -0.2) is 4.98 Å². The van der Waals surface area contributed by atoms with Crippen LogP contribution in [0.25, 0.3) is 10.2 Å². The molecule has 24 heavy (non-hydrogen) atoms. The van der Waals surface area contributed by atoms with Gasteiger partial charge in [-0.15, -0.1) is 11.3 Å². The van der Waals surface area contributed by atoms with Crippen LogP contribution in [0.15, 0.2) is 52.9 Å². The standard InChI is InChI=1S/C18H18N2O2S2/c1-2-22-14-8-9-15-16(10-14)24-18(20-15)23-12-17(21)19-11-13-6-4-3-5-7-13/h3-10H,2,11-12H2,1H3,(H,19,21). The predicted octanol–water partition coefficient (Wildman–Crippen LogP) is 4.10. The Morgan fingerprint density at radius 1 is 1.25 bits per heavy atom. The molecule has 0 unspecified atom stereocenters. The SMILES string of the molecule is CCOc1ccc2nc(SCC(=O)NCc3ccccc3)sc2c1. The summed E-state index contributed by atoms with van der Waals surface area (Å²) in [5, 5.41) is 2.93. The van der Waals surface area contributed by atoms with Gasteiger partial charge in [0.2, 0.25) is 5.91 Å². The van der Waals surface area contributed by atoms with Crippen molar-refractivity contribution in [1.82, 2.24) is 10.3 Å². The minimum Gasteiger partial charge on any atom is -0.494 e. The monoisotopic (exact) mass is 358 g/mol. The summed E-state index contributed by atoms with van der Waals surface area (Å²) in [6.45, 7) is 3.16. The quantitative estimate of drug-likeness (QED) is 0.646. The maximum absolute atomic E-state index is 12.0. The molecule has 6 heteroatoms. The minimum absolute atomic E-state index is 0.0121. The summed E-state index contributed by atoms with van der Waals surface area (Å²) in [5.41, 5.74) is 2.04. The van der Waals surface area contributed by atoms with Gasteiger partial charge < -0.3 is 10.1 Å². The molecule has 2 aromatic carbocycles. The molecule has 0 saturated heterocycles. The number of nitrogens with zero attached hydrogens (tertiary/aromatic N) is 1. The van der Waals surface area contributed by atoms with E-state index in [4.69, 9.17) is 4.74 Å². The maximum Gasteiger partial charge on any atom is 0.230 e. The van der Waals surface area contributed by atoms with Gasteiger partial charge in [-0.3, -0.25) is 4.79 Å². The Balaban J connectivity index is 1.54. The fraction of sp³-hybridized carbons (Fsp3) is 0.222. The number of aromatic nitrogens is 1. The number of benzene rings is 2. The molecule has 0 bridgehead atoms. The molecular formula is C18H18N2O2S2. The highest BCUT2D eigenvalue weighted by atomic mass is 32.2. The lowest BCUT2D eigenvalue weighted by molar-refractivity contribution is -0.118. The van der Waals surface area contributed by atoms with E-state index in [2.05, 4.69) is 10.3 Å². The van der Waals surface area contributed by atoms with Crippen molar-refractivity contribution in [3.63, 3.8) is 0 Å². The molecule has 0 spiro atoms. The zero-order valence-electron chi connectivity index (χ0n) is 13.3. The average molecular weight is 358 g/mol. The Bertz CT molecular complexity index is 818. The Morgan fingerprint density at radius 3 is 2.88 bits per heavy atom. The van der Waals surface area contributed by atoms with E-state index in [1.54, 1.807) is 11.3 Å². The fourth-order valence-electron chi connectivity index (χ4n) is 2.18. The van der Waals surface area contributed by atoms with Gasteiger partial charge in [0.15, 0.2) is 4.34 Å². The van der Waals surface area contributed by atoms with E-state index in [-0.39, 0.29) is 5.91 Å². The van der Waals surface area contributed by atoms with Crippen molar-refractivity contribution in [2.45, 2.75) is 17.8 Å². The predicted molar refractivity (Wildman–Crippen MR) is 99.8 cm³/mol. The summed E-state index contributed by atoms with van der Waals surface area (Å²) in [6.07, 6.45) is 0. The number of hydrogen-bond donors (Lipinski definition) is 1. The Morgan fingerprint density at radius 2 is 2.08 bits per heavy atom. The molecule has 3 rings (SSSR count). The zero-order chi connectivity index (χ0) is 16.8. The first-order chi connectivity index (χ1) is 11.7. The zero-order valence-corrected chi connectivity index (χ0v) is 15.0. The van der Waals surface area contributed by atoms with E-state index in [0.717, 1.165) is 25.9 Å². The number of nitrogens with one attached hydrogen (secondary N) is 1. The first-order valence-corrected chi connectivity index (χ1v) is 9.51. The Labute approximate surface area is 149 Å². The number of thiazole rings is 1. The number of thioether (sulfide) groups is 1. The van der Waals surface area contributed by atoms with Gasteiger partial charge in [0.05, 0.1) is 22.6 Å². The van der Waals surface area contributed by atoms with Crippen molar-refractivity contribution < 1.29 is 9.53 Å². The molecule has 1 aromatic heterocycles. The third kappa shape index (κ3) is 4.49. The van der Waals surface area contributed by atoms with Crippen LogP contribution in [0.1, 0.15) is 12.5 Å². The van der Waals surface area contributed by atoms with Crippen LogP contribution in [0.2, 0.25) is 0 Å². The van der Waals surface area contributed by atoms with Crippen LogP contribution >= 0.6 is 23.1 Å². The van der Waals surface area contributed by atoms with Gasteiger partial charge in [-0.2, -0.15) is 0 Å². The van der Waals surface area contributed by atoms with E-state index >= 15 is 0 Å². The van der Waals surface area contributed by atoms with Gasteiger partial charge in [-0.05, 0) is 30.7 Å². The van der Waals surface area contributed by atoms with Crippen LogP contribution in [-0.2, 0) is 11.3 Å². The lowest BCUT2D eigenvalue weighted by Gasteiger charge is -2.03. The summed E-state index contributed by atoms with van der Waals surface area (Å²) >= 11 is 3.05. The van der Waals surface area contributed by atoms with Gasteiger partial charge in [0.25, 0.3) is 0 Å². The molecule has 1 amide bonds. The summed E-state index contributed by atoms with van der Waals surface area (Å²) in [5.74, 6) is 1.23. The number of carbonyl (C=O) groups is 1. The molecular weight excluding hydrogens is 340 g/mol. The van der Waals surface area contributed by atoms with Gasteiger partial charge >= 0.3 is 0 Å². The van der Waals surface area contributed by atoms with E-state index in [1.807, 2.05) is 55.5 Å². The number of hydrogen-bond acceptors (Lipinski definition) is 5. The topological polar surface area (TPSA) is 51.2 Å². The summed E-state index contributed by atoms with van der Waals surface area (Å²) in [4.78, 5) is 16.5. The Hall–Kier alpha value is -2.05. The van der Waals surface area contributed by atoms with Crippen LogP contribution in [0.3, 0.4) is 0 Å². The minimum atomic E-state index is 0.0121. The number of fused-ring (bicyclic) bond motifs is 1. The molecule has 4 nitrogen and oxygen atoms in total. The molecule has 0 aliphatic carbocycles. The third-order valence-corrected chi connectivity index (χ3v) is 5.47. The van der Waals surface area contributed by atoms with E-state index in [0.29, 0.717) is 18.9 Å². The molecule has 0 atom stereocenters. The molecule has 0 radical (unpaired) electrons. The van der Waals surface area contributed by atoms with Crippen molar-refractivity contribution in [3.05, 3.63) is 54.1 Å². The molecule has 1 heterocycles. The summed E-state index contributed by atoms with van der Waals surface area (Å²) in [7, 11) is 0. The summed E-state index contributed by atoms with van der Waals surface area (Å²) < 4.78 is 7.48. The van der Waals surface area contributed by atoms with Crippen LogP contribution < -0.4 is 10.1 Å². The fourth-order valence-corrected chi connectivity index (χ4v) is 4.10. The van der Waals surface area contributed by atoms with Crippen LogP contribution in [0, 0.1) is 0 Å². The Kier molecular flexibility index (Phi) is 5.72. The second kappa shape index (κ2) is 8.17. The largest absolute Gasteiger partial charge is 0.494 e. The average Bonchev–Trinajstić information content (AvgIpc) is 3.01. The lowest BCUT2D eigenvalue weighted by Crippen LogP contribution is -2.24. The van der Waals surface area contributed by atoms with E-state index < -0.39 is 0 Å². The van der Waals surface area contributed by atoms with Crippen molar-refractivity contribution in [1.29, 1.82) is 0 Å². The van der Waals surface area contributed by atoms with Crippen LogP contribution in [0.4, 0.5) is 0 Å². The molecule has 0 aliphatic rings. The highest BCUT2D eigenvalue weighted by molar-refractivity contribution is 8.01. The van der Waals surface area contributed by atoms with Crippen molar-refractivity contribution >= 4 is 39.2 Å². The first kappa shape index (κ1) is 16.8. The van der Waals surface area contributed by atoms with Gasteiger partial charge in [-0.1, -0.05) is 42.1 Å². The number of carbonyl (C=O) groups excluding carboxylic acids is 1. The molecule has 0 aliphatic heterocycles. The van der Waals surface area contributed by atoms with Gasteiger partial charge in [0, 0.05) is 6.54 Å². The van der Waals surface area contributed by atoms with Crippen molar-refractivity contribution in [2.24, 2.45) is 0 Å². The number of amides is 1. The molecule has 0 saturated carbocycles. The normalized spacial score (nSPS) is 10.7. The molecule has 1 N–H and O–H groups in total. The second-order valence-corrected chi connectivity index (χ2v) is 7.35. The molecule has 3 aromatic rings. The van der Waals surface area contributed by atoms with E-state index in [9.17, 15) is 4.79 Å². The van der Waals surface area contributed by atoms with Crippen molar-refractivity contribution in [3.8, 4) is 5.75 Å². The second-order valence-electron chi connectivity index (χ2n) is 5.09. The smallest absolute Gasteiger partial charge is 0.230 e. The van der Waals surface area contributed by atoms with E-state index in [1.165, 1.54) is 11.8 Å². The molecule has 0 fully saturated rings. The first-order valence-electron chi connectivity index (χ1n) is 7.71. The number of rotatable bonds is 7. The number of ether oxygens (including phenoxy) is 1. The van der Waals surface area contributed by atoms with Crippen LogP contribution in [-0.4, -0.2) is 23.3 Å². The molecule has 124 valence electrons. The van der Waals surface area contributed by atoms with Crippen LogP contribution in [0.5, 0.6) is 5.75 Å². The van der Waals surface area contributed by atoms with Gasteiger partial charge in [0.1, 0.15) is 5.75 Å². The highest BCUT2D eigenvalue weighted by Gasteiger charge is 2.08. The summed E-state index contributed by atoms with van der Waals surface area (Å²) in [6, 6.07) is 15.8. The highest BCUT2D eigenvalue weighted by Crippen LogP contribution is 2.31. The van der Waals surface area contributed by atoms with Crippen molar-refractivity contribution in [2.75, 3.05) is 12.4 Å². The lowest BCUT2D eigenvalue weighted by atomic mass is 10.2.